The zero-order valence-corrected chi connectivity index (χ0v) is 22.9. The number of hydrogen-bond acceptors (Lipinski definition) is 2. The lowest BCUT2D eigenvalue weighted by atomic mass is 9.43. The zero-order chi connectivity index (χ0) is 25.5. The largest absolute Gasteiger partial charge is 0.516 e. The highest BCUT2D eigenvalue weighted by atomic mass is 16.5. The summed E-state index contributed by atoms with van der Waals surface area (Å²) in [6.45, 7) is 6.00. The molecule has 0 bridgehead atoms. The number of benzene rings is 2. The maximum Gasteiger partial charge on any atom is 0.0757 e. The average Bonchev–Trinajstić information content (AvgIpc) is 3.20. The van der Waals surface area contributed by atoms with Crippen LogP contribution < -0.4 is 0 Å². The van der Waals surface area contributed by atoms with E-state index in [9.17, 15) is 5.11 Å². The van der Waals surface area contributed by atoms with E-state index in [4.69, 9.17) is 4.74 Å². The molecule has 4 aliphatic rings. The summed E-state index contributed by atoms with van der Waals surface area (Å²) >= 11 is 0. The van der Waals surface area contributed by atoms with Crippen molar-refractivity contribution in [2.45, 2.75) is 90.8 Å². The predicted molar refractivity (Wildman–Crippen MR) is 151 cm³/mol. The van der Waals surface area contributed by atoms with Gasteiger partial charge in [0.2, 0.25) is 0 Å². The number of fused-ring (bicyclic) bond motifs is 5. The molecule has 2 nitrogen and oxygen atoms in total. The summed E-state index contributed by atoms with van der Waals surface area (Å²) in [5.41, 5.74) is 3.51. The quantitative estimate of drug-likeness (QED) is 0.403. The molecule has 0 aromatic heterocycles. The average molecular weight is 499 g/mol. The Morgan fingerprint density at radius 3 is 2.24 bits per heavy atom. The van der Waals surface area contributed by atoms with Gasteiger partial charge in [-0.25, -0.2) is 0 Å². The smallest absolute Gasteiger partial charge is 0.0757 e. The van der Waals surface area contributed by atoms with E-state index in [1.807, 2.05) is 0 Å². The monoisotopic (exact) mass is 498 g/mol. The van der Waals surface area contributed by atoms with Crippen molar-refractivity contribution in [2.75, 3.05) is 0 Å². The van der Waals surface area contributed by atoms with Gasteiger partial charge in [0.05, 0.1) is 19.0 Å². The minimum Gasteiger partial charge on any atom is -0.516 e. The highest BCUT2D eigenvalue weighted by Gasteiger charge is 2.64. The van der Waals surface area contributed by atoms with E-state index in [0.717, 1.165) is 36.7 Å². The summed E-state index contributed by atoms with van der Waals surface area (Å²) in [5, 5.41) is 10.1. The summed E-state index contributed by atoms with van der Waals surface area (Å²) in [5.74, 6) is 3.27. The van der Waals surface area contributed by atoms with Gasteiger partial charge in [0.15, 0.2) is 0 Å². The molecule has 4 saturated carbocycles. The second-order valence-electron chi connectivity index (χ2n) is 13.5. The first-order valence-corrected chi connectivity index (χ1v) is 15.0. The molecule has 2 aromatic rings. The Hall–Kier alpha value is -2.06. The van der Waals surface area contributed by atoms with Crippen LogP contribution in [0.25, 0.3) is 0 Å². The van der Waals surface area contributed by atoms with Crippen LogP contribution in [0.3, 0.4) is 0 Å². The van der Waals surface area contributed by atoms with Crippen LogP contribution in [0.1, 0.15) is 82.8 Å². The lowest BCUT2D eigenvalue weighted by Crippen LogP contribution is -2.55. The molecule has 0 radical (unpaired) electrons. The van der Waals surface area contributed by atoms with E-state index in [1.54, 1.807) is 0 Å². The van der Waals surface area contributed by atoms with Gasteiger partial charge in [0.1, 0.15) is 0 Å². The van der Waals surface area contributed by atoms with Gasteiger partial charge in [-0.05, 0) is 116 Å². The third-order valence-electron chi connectivity index (χ3n) is 12.1. The van der Waals surface area contributed by atoms with Crippen LogP contribution in [0.15, 0.2) is 73.0 Å². The van der Waals surface area contributed by atoms with E-state index >= 15 is 0 Å². The number of hydrogen-bond donors (Lipinski definition) is 1. The maximum absolute atomic E-state index is 10.1. The molecule has 2 aromatic carbocycles. The first-order chi connectivity index (χ1) is 18.0. The van der Waals surface area contributed by atoms with Crippen LogP contribution in [-0.4, -0.2) is 11.2 Å². The molecule has 1 unspecified atom stereocenters. The Bertz CT molecular complexity index is 1080. The fourth-order valence-corrected chi connectivity index (χ4v) is 10.1. The molecule has 0 saturated heterocycles. The molecule has 1 N–H and O–H groups in total. The Labute approximate surface area is 224 Å². The van der Waals surface area contributed by atoms with Gasteiger partial charge >= 0.3 is 0 Å². The summed E-state index contributed by atoms with van der Waals surface area (Å²) < 4.78 is 6.46. The van der Waals surface area contributed by atoms with Crippen molar-refractivity contribution in [3.8, 4) is 0 Å². The van der Waals surface area contributed by atoms with Crippen molar-refractivity contribution >= 4 is 0 Å². The lowest BCUT2D eigenvalue weighted by molar-refractivity contribution is -0.141. The summed E-state index contributed by atoms with van der Waals surface area (Å²) in [4.78, 5) is 0. The molecule has 198 valence electrons. The Balaban J connectivity index is 1.18. The standard InChI is InChI=1S/C35H46O2/c1-33-18-15-29(37-25-27-11-7-4-8-12-27)23-28(33)13-14-30-31(33)16-19-34(2)32(30)17-20-35(34,21-22-36)24-26-9-5-3-6-10-26/h3-12,21-22,28-32,36H,13-20,23-25H2,1-2H3/t28?,29-,30+,31-,32-,33-,34-,35+/m0/s1. The maximum atomic E-state index is 10.1. The van der Waals surface area contributed by atoms with E-state index in [0.29, 0.717) is 11.5 Å². The van der Waals surface area contributed by atoms with Crippen LogP contribution in [0.5, 0.6) is 0 Å². The van der Waals surface area contributed by atoms with Crippen molar-refractivity contribution in [3.63, 3.8) is 0 Å². The van der Waals surface area contributed by atoms with Crippen LogP contribution in [-0.2, 0) is 17.8 Å². The van der Waals surface area contributed by atoms with E-state index in [1.165, 1.54) is 75.2 Å². The zero-order valence-electron chi connectivity index (χ0n) is 22.9. The minimum absolute atomic E-state index is 0.0689. The van der Waals surface area contributed by atoms with Gasteiger partial charge in [0, 0.05) is 5.41 Å². The minimum atomic E-state index is 0.0689. The predicted octanol–water partition coefficient (Wildman–Crippen LogP) is 8.92. The number of allylic oxidation sites excluding steroid dienone is 1. The molecule has 0 spiro atoms. The summed E-state index contributed by atoms with van der Waals surface area (Å²) in [6, 6.07) is 21.7. The molecule has 0 amide bonds. The highest BCUT2D eigenvalue weighted by molar-refractivity contribution is 5.25. The molecular weight excluding hydrogens is 452 g/mol. The van der Waals surface area contributed by atoms with E-state index in [-0.39, 0.29) is 10.8 Å². The van der Waals surface area contributed by atoms with Gasteiger partial charge in [-0.1, -0.05) is 74.5 Å². The van der Waals surface area contributed by atoms with Gasteiger partial charge in [-0.3, -0.25) is 0 Å². The second kappa shape index (κ2) is 9.92. The number of aliphatic hydroxyl groups is 1. The van der Waals surface area contributed by atoms with Gasteiger partial charge in [0.25, 0.3) is 0 Å². The van der Waals surface area contributed by atoms with E-state index < -0.39 is 0 Å². The molecule has 4 fully saturated rings. The van der Waals surface area contributed by atoms with E-state index in [2.05, 4.69) is 80.6 Å². The first-order valence-electron chi connectivity index (χ1n) is 15.0. The Morgan fingerprint density at radius 1 is 0.811 bits per heavy atom. The Kier molecular flexibility index (Phi) is 6.76. The molecule has 37 heavy (non-hydrogen) atoms. The third kappa shape index (κ3) is 4.28. The highest BCUT2D eigenvalue weighted by Crippen LogP contribution is 2.71. The fraction of sp³-hybridized carbons (Fsp3) is 0.600. The third-order valence-corrected chi connectivity index (χ3v) is 12.1. The first kappa shape index (κ1) is 25.2. The topological polar surface area (TPSA) is 29.5 Å². The summed E-state index contributed by atoms with van der Waals surface area (Å²) in [6.07, 6.45) is 16.8. The van der Waals surface area contributed by atoms with Crippen molar-refractivity contribution in [1.82, 2.24) is 0 Å². The van der Waals surface area contributed by atoms with Crippen molar-refractivity contribution in [3.05, 3.63) is 84.1 Å². The molecule has 6 rings (SSSR count). The normalized spacial score (nSPS) is 41.2. The van der Waals surface area contributed by atoms with Crippen molar-refractivity contribution in [2.24, 2.45) is 39.9 Å². The molecule has 8 atom stereocenters. The van der Waals surface area contributed by atoms with Crippen molar-refractivity contribution < 1.29 is 9.84 Å². The van der Waals surface area contributed by atoms with Crippen LogP contribution in [0.2, 0.25) is 0 Å². The molecule has 0 aliphatic heterocycles. The number of ether oxygens (including phenoxy) is 1. The van der Waals surface area contributed by atoms with Crippen LogP contribution in [0.4, 0.5) is 0 Å². The van der Waals surface area contributed by atoms with Gasteiger partial charge < -0.3 is 9.84 Å². The van der Waals surface area contributed by atoms with Crippen LogP contribution >= 0.6 is 0 Å². The molecular formula is C35H46O2. The Morgan fingerprint density at radius 2 is 1.51 bits per heavy atom. The van der Waals surface area contributed by atoms with Crippen molar-refractivity contribution in [1.29, 1.82) is 0 Å². The summed E-state index contributed by atoms with van der Waals surface area (Å²) in [7, 11) is 0. The number of aliphatic hydroxyl groups excluding tert-OH is 1. The van der Waals surface area contributed by atoms with Crippen LogP contribution in [0, 0.1) is 39.9 Å². The molecule has 2 heteroatoms. The number of rotatable bonds is 6. The van der Waals surface area contributed by atoms with Gasteiger partial charge in [-0.2, -0.15) is 0 Å². The molecule has 4 aliphatic carbocycles. The fourth-order valence-electron chi connectivity index (χ4n) is 10.1. The second-order valence-corrected chi connectivity index (χ2v) is 13.5. The molecule has 0 heterocycles. The lowest BCUT2D eigenvalue weighted by Gasteiger charge is -2.62. The van der Waals surface area contributed by atoms with Gasteiger partial charge in [-0.15, -0.1) is 0 Å². The SMILES string of the molecule is C[C@]12CC[C@H](OCc3ccccc3)CC1CC[C@@H]1[C@@H]2CC[C@@]2(C)[C@H]1CC[C@@]2(C=CO)Cc1ccccc1.